The van der Waals surface area contributed by atoms with Gasteiger partial charge in [0.25, 0.3) is 11.3 Å². The zero-order valence-corrected chi connectivity index (χ0v) is 24.5. The molecule has 0 saturated heterocycles. The Morgan fingerprint density at radius 1 is 0.865 bits per heavy atom. The fourth-order valence-corrected chi connectivity index (χ4v) is 4.18. The summed E-state index contributed by atoms with van der Waals surface area (Å²) < 4.78 is 37.0. The summed E-state index contributed by atoms with van der Waals surface area (Å²) in [6.07, 6.45) is 1.50. The van der Waals surface area contributed by atoms with Gasteiger partial charge in [-0.1, -0.05) is 53.7 Å². The molecule has 0 amide bonds. The third kappa shape index (κ3) is 9.67. The van der Waals surface area contributed by atoms with Crippen LogP contribution in [0.2, 0.25) is 0 Å². The second kappa shape index (κ2) is 12.8. The quantitative estimate of drug-likeness (QED) is 0.248. The van der Waals surface area contributed by atoms with Crippen LogP contribution in [0.1, 0.15) is 79.4 Å². The molecule has 1 atom stereocenters. The van der Waals surface area contributed by atoms with E-state index in [-0.39, 0.29) is 10.8 Å². The first-order valence-electron chi connectivity index (χ1n) is 12.6. The van der Waals surface area contributed by atoms with Crippen molar-refractivity contribution in [2.45, 2.75) is 84.7 Å². The van der Waals surface area contributed by atoms with Gasteiger partial charge in [-0.15, -0.1) is 0 Å². The minimum atomic E-state index is -1.68. The molecule has 0 saturated carbocycles. The van der Waals surface area contributed by atoms with Crippen LogP contribution in [0.25, 0.3) is 0 Å². The summed E-state index contributed by atoms with van der Waals surface area (Å²) in [6, 6.07) is 13.2. The van der Waals surface area contributed by atoms with E-state index in [2.05, 4.69) is 64.5 Å². The molecular formula is C29H43NO6S. The average molecular weight is 534 g/mol. The van der Waals surface area contributed by atoms with Crippen molar-refractivity contribution in [1.29, 1.82) is 0 Å². The van der Waals surface area contributed by atoms with Gasteiger partial charge in [0.05, 0.1) is 20.3 Å². The summed E-state index contributed by atoms with van der Waals surface area (Å²) in [6.45, 7) is 17.4. The zero-order valence-electron chi connectivity index (χ0n) is 23.7. The predicted molar refractivity (Wildman–Crippen MR) is 149 cm³/mol. The topological polar surface area (TPSA) is 83.1 Å². The first kappa shape index (κ1) is 30.6. The number of nitrogens with one attached hydrogen (secondary N) is 1. The van der Waals surface area contributed by atoms with Crippen molar-refractivity contribution in [3.8, 4) is 11.5 Å². The highest BCUT2D eigenvalue weighted by molar-refractivity contribution is 7.81. The summed E-state index contributed by atoms with van der Waals surface area (Å²) in [4.78, 5) is 11.8. The number of anilines is 1. The molecule has 206 valence electrons. The van der Waals surface area contributed by atoms with Crippen molar-refractivity contribution in [1.82, 2.24) is 0 Å². The maximum absolute atomic E-state index is 12.2. The number of esters is 1. The van der Waals surface area contributed by atoms with E-state index >= 15 is 0 Å². The van der Waals surface area contributed by atoms with Gasteiger partial charge in [0, 0.05) is 5.69 Å². The van der Waals surface area contributed by atoms with E-state index in [4.69, 9.17) is 18.4 Å². The molecule has 1 unspecified atom stereocenters. The Balaban J connectivity index is 1.77. The first-order valence-corrected chi connectivity index (χ1v) is 13.7. The van der Waals surface area contributed by atoms with Crippen LogP contribution in [0.15, 0.2) is 42.5 Å². The summed E-state index contributed by atoms with van der Waals surface area (Å²) in [7, 11) is 1.32. The molecule has 0 bridgehead atoms. The molecule has 0 heterocycles. The molecule has 0 aliphatic carbocycles. The molecule has 1 N–H and O–H groups in total. The van der Waals surface area contributed by atoms with Gasteiger partial charge in [0.2, 0.25) is 0 Å². The molecule has 0 fully saturated rings. The van der Waals surface area contributed by atoms with Gasteiger partial charge >= 0.3 is 5.97 Å². The second-order valence-electron chi connectivity index (χ2n) is 11.6. The first-order chi connectivity index (χ1) is 17.1. The Labute approximate surface area is 225 Å². The fourth-order valence-electron chi connectivity index (χ4n) is 3.53. The number of rotatable bonds is 12. The number of benzene rings is 2. The summed E-state index contributed by atoms with van der Waals surface area (Å²) in [5.74, 6) is 0.937. The van der Waals surface area contributed by atoms with Gasteiger partial charge in [-0.3, -0.25) is 8.91 Å². The lowest BCUT2D eigenvalue weighted by atomic mass is 9.80. The molecule has 0 aliphatic rings. The largest absolute Gasteiger partial charge is 0.493 e. The van der Waals surface area contributed by atoms with E-state index < -0.39 is 22.8 Å². The van der Waals surface area contributed by atoms with Crippen molar-refractivity contribution in [3.05, 3.63) is 53.6 Å². The number of carbonyl (C=O) groups excluding carboxylic acids is 1. The lowest BCUT2D eigenvalue weighted by Crippen LogP contribution is -2.39. The van der Waals surface area contributed by atoms with Crippen LogP contribution in [-0.2, 0) is 35.8 Å². The number of hydrogen-bond donors (Lipinski definition) is 1. The van der Waals surface area contributed by atoms with Crippen molar-refractivity contribution in [3.63, 3.8) is 0 Å². The lowest BCUT2D eigenvalue weighted by molar-refractivity contribution is -0.156. The zero-order chi connectivity index (χ0) is 27.9. The fraction of sp³-hybridized carbons (Fsp3) is 0.552. The summed E-state index contributed by atoms with van der Waals surface area (Å²) >= 11 is -1.68. The third-order valence-corrected chi connectivity index (χ3v) is 6.53. The molecule has 8 heteroatoms. The molecule has 0 aliphatic heterocycles. The smallest absolute Gasteiger partial charge is 0.349 e. The normalized spacial score (nSPS) is 13.1. The maximum atomic E-state index is 12.2. The van der Waals surface area contributed by atoms with E-state index in [1.54, 1.807) is 38.1 Å². The highest BCUT2D eigenvalue weighted by Crippen LogP contribution is 2.35. The Morgan fingerprint density at radius 2 is 1.49 bits per heavy atom. The van der Waals surface area contributed by atoms with Gasteiger partial charge in [-0.2, -0.15) is 0 Å². The van der Waals surface area contributed by atoms with Crippen molar-refractivity contribution in [2.24, 2.45) is 0 Å². The molecule has 0 spiro atoms. The number of methoxy groups -OCH3 is 1. The number of carbonyl (C=O) groups is 1. The molecule has 2 rings (SSSR count). The number of hydrogen-bond acceptors (Lipinski definition) is 6. The average Bonchev–Trinajstić information content (AvgIpc) is 2.80. The predicted octanol–water partition coefficient (Wildman–Crippen LogP) is 6.48. The van der Waals surface area contributed by atoms with Crippen LogP contribution in [0.3, 0.4) is 0 Å². The summed E-state index contributed by atoms with van der Waals surface area (Å²) in [5, 5.41) is 0. The monoisotopic (exact) mass is 533 g/mol. The van der Waals surface area contributed by atoms with Gasteiger partial charge < -0.3 is 14.2 Å². The SMILES string of the molecule is COC(=O)C(C)(C)Oc1ccc(NS(=O)OCCCCOc2ccc(C(C)(C)C)cc2C(C)(C)C)cc1. The van der Waals surface area contributed by atoms with E-state index in [0.29, 0.717) is 31.1 Å². The molecule has 0 radical (unpaired) electrons. The summed E-state index contributed by atoms with van der Waals surface area (Å²) in [5.41, 5.74) is 2.05. The van der Waals surface area contributed by atoms with E-state index in [1.165, 1.54) is 18.2 Å². The number of unbranched alkanes of at least 4 members (excludes halogenated alkanes) is 1. The molecular weight excluding hydrogens is 490 g/mol. The minimum Gasteiger partial charge on any atom is -0.493 e. The van der Waals surface area contributed by atoms with E-state index in [9.17, 15) is 9.00 Å². The van der Waals surface area contributed by atoms with Crippen molar-refractivity contribution < 1.29 is 27.4 Å². The van der Waals surface area contributed by atoms with E-state index in [0.717, 1.165) is 12.2 Å². The molecule has 2 aromatic rings. The standard InChI is InChI=1S/C29H43NO6S/c1-27(2,3)21-12-17-25(24(20-21)28(4,5)6)34-18-10-11-19-35-37(32)30-22-13-15-23(16-14-22)36-29(7,8)26(31)33-9/h12-17,20,30H,10-11,18-19H2,1-9H3. The molecule has 7 nitrogen and oxygen atoms in total. The van der Waals surface area contributed by atoms with Gasteiger partial charge in [-0.25, -0.2) is 9.00 Å². The maximum Gasteiger partial charge on any atom is 0.349 e. The van der Waals surface area contributed by atoms with Crippen molar-refractivity contribution in [2.75, 3.05) is 25.0 Å². The Kier molecular flexibility index (Phi) is 10.6. The van der Waals surface area contributed by atoms with Gasteiger partial charge in [0.1, 0.15) is 11.5 Å². The minimum absolute atomic E-state index is 0.0237. The van der Waals surface area contributed by atoms with E-state index in [1.807, 2.05) is 0 Å². The van der Waals surface area contributed by atoms with Gasteiger partial charge in [0.15, 0.2) is 5.60 Å². The lowest BCUT2D eigenvalue weighted by Gasteiger charge is -2.27. The molecule has 0 aromatic heterocycles. The van der Waals surface area contributed by atoms with Crippen LogP contribution in [0.5, 0.6) is 11.5 Å². The molecule has 37 heavy (non-hydrogen) atoms. The van der Waals surface area contributed by atoms with Crippen LogP contribution in [0, 0.1) is 0 Å². The molecule has 2 aromatic carbocycles. The van der Waals surface area contributed by atoms with Crippen molar-refractivity contribution >= 4 is 22.9 Å². The van der Waals surface area contributed by atoms with Crippen LogP contribution < -0.4 is 14.2 Å². The van der Waals surface area contributed by atoms with Crippen LogP contribution in [-0.4, -0.2) is 36.1 Å². The Bertz CT molecular complexity index is 1050. The Hall–Kier alpha value is -2.58. The van der Waals surface area contributed by atoms with Crippen LogP contribution in [0.4, 0.5) is 5.69 Å². The highest BCUT2D eigenvalue weighted by Gasteiger charge is 2.31. The van der Waals surface area contributed by atoms with Crippen LogP contribution >= 0.6 is 0 Å². The highest BCUT2D eigenvalue weighted by atomic mass is 32.2. The van der Waals surface area contributed by atoms with Gasteiger partial charge in [-0.05, 0) is 79.0 Å². The Morgan fingerprint density at radius 3 is 2.05 bits per heavy atom. The number of ether oxygens (including phenoxy) is 3. The third-order valence-electron chi connectivity index (χ3n) is 5.75. The second-order valence-corrected chi connectivity index (χ2v) is 12.5.